The number of halogens is 2. The highest BCUT2D eigenvalue weighted by Crippen LogP contribution is 2.27. The average Bonchev–Trinajstić information content (AvgIpc) is 3.03. The maximum atomic E-state index is 14.2. The number of aromatic amines is 1. The van der Waals surface area contributed by atoms with Crippen molar-refractivity contribution in [1.29, 1.82) is 0 Å². The Morgan fingerprint density at radius 1 is 1.21 bits per heavy atom. The zero-order chi connectivity index (χ0) is 16.7. The van der Waals surface area contributed by atoms with Crippen LogP contribution in [0.15, 0.2) is 36.5 Å². The van der Waals surface area contributed by atoms with Crippen molar-refractivity contribution in [2.75, 3.05) is 6.54 Å². The summed E-state index contributed by atoms with van der Waals surface area (Å²) in [7, 11) is 0. The first kappa shape index (κ1) is 14.8. The second-order valence-electron chi connectivity index (χ2n) is 5.45. The highest BCUT2D eigenvalue weighted by atomic mass is 35.5. The van der Waals surface area contributed by atoms with Gasteiger partial charge in [-0.25, -0.2) is 14.4 Å². The molecule has 120 valence electrons. The number of rotatable bonds is 2. The fraction of sp³-hybridized carbons (Fsp3) is 0.118. The van der Waals surface area contributed by atoms with Crippen molar-refractivity contribution in [3.63, 3.8) is 0 Å². The van der Waals surface area contributed by atoms with Crippen LogP contribution in [0.4, 0.5) is 4.39 Å². The minimum atomic E-state index is -0.554. The van der Waals surface area contributed by atoms with E-state index in [1.807, 2.05) is 0 Å². The van der Waals surface area contributed by atoms with Crippen molar-refractivity contribution in [2.24, 2.45) is 0 Å². The number of amides is 1. The van der Waals surface area contributed by atoms with Crippen LogP contribution in [0.1, 0.15) is 16.1 Å². The zero-order valence-corrected chi connectivity index (χ0v) is 13.2. The molecule has 0 bridgehead atoms. The van der Waals surface area contributed by atoms with E-state index in [0.29, 0.717) is 23.5 Å². The molecule has 1 aliphatic heterocycles. The number of nitrogens with zero attached hydrogens (tertiary/aromatic N) is 2. The summed E-state index contributed by atoms with van der Waals surface area (Å²) < 4.78 is 14.2. The molecule has 1 aliphatic rings. The number of carbonyl (C=O) groups excluding carboxylic acids is 1. The molecule has 0 aliphatic carbocycles. The lowest BCUT2D eigenvalue weighted by Crippen LogP contribution is -2.31. The van der Waals surface area contributed by atoms with Crippen LogP contribution in [0, 0.1) is 5.82 Å². The van der Waals surface area contributed by atoms with Crippen molar-refractivity contribution < 1.29 is 9.18 Å². The number of benzene rings is 1. The van der Waals surface area contributed by atoms with Gasteiger partial charge in [0.1, 0.15) is 0 Å². The van der Waals surface area contributed by atoms with Crippen LogP contribution in [0.25, 0.3) is 22.8 Å². The molecule has 2 N–H and O–H groups in total. The molecule has 3 heterocycles. The van der Waals surface area contributed by atoms with E-state index in [1.165, 1.54) is 6.07 Å². The third kappa shape index (κ3) is 2.45. The molecular formula is C17H12ClFN4O. The van der Waals surface area contributed by atoms with Crippen LogP contribution in [0.3, 0.4) is 0 Å². The maximum Gasteiger partial charge on any atom is 0.253 e. The van der Waals surface area contributed by atoms with Gasteiger partial charge in [-0.15, -0.1) is 0 Å². The predicted octanol–water partition coefficient (Wildman–Crippen LogP) is 3.22. The monoisotopic (exact) mass is 342 g/mol. The number of aromatic nitrogens is 3. The van der Waals surface area contributed by atoms with Gasteiger partial charge in [0.25, 0.3) is 5.91 Å². The summed E-state index contributed by atoms with van der Waals surface area (Å²) in [6.45, 7) is 0.606. The summed E-state index contributed by atoms with van der Waals surface area (Å²) in [6.07, 6.45) is 2.29. The summed E-state index contributed by atoms with van der Waals surface area (Å²) in [4.78, 5) is 23.6. The van der Waals surface area contributed by atoms with Crippen LogP contribution in [-0.2, 0) is 6.42 Å². The molecule has 4 rings (SSSR count). The first-order valence-electron chi connectivity index (χ1n) is 7.41. The van der Waals surface area contributed by atoms with Crippen LogP contribution < -0.4 is 5.32 Å². The summed E-state index contributed by atoms with van der Waals surface area (Å²) >= 11 is 5.82. The molecule has 24 heavy (non-hydrogen) atoms. The van der Waals surface area contributed by atoms with E-state index in [1.54, 1.807) is 30.5 Å². The van der Waals surface area contributed by atoms with Gasteiger partial charge in [-0.05, 0) is 24.3 Å². The Bertz CT molecular complexity index is 954. The van der Waals surface area contributed by atoms with Crippen LogP contribution >= 0.6 is 11.6 Å². The highest BCUT2D eigenvalue weighted by Gasteiger charge is 2.20. The zero-order valence-electron chi connectivity index (χ0n) is 12.4. The molecular weight excluding hydrogens is 331 g/mol. The number of H-pyrrole nitrogens is 1. The van der Waals surface area contributed by atoms with Crippen molar-refractivity contribution in [3.8, 4) is 22.8 Å². The Labute approximate surface area is 141 Å². The number of nitrogens with one attached hydrogen (secondary N) is 2. The van der Waals surface area contributed by atoms with Gasteiger partial charge in [0.2, 0.25) is 0 Å². The van der Waals surface area contributed by atoms with Crippen molar-refractivity contribution in [3.05, 3.63) is 58.6 Å². The molecule has 0 unspecified atom stereocenters. The fourth-order valence-electron chi connectivity index (χ4n) is 2.75. The summed E-state index contributed by atoms with van der Waals surface area (Å²) in [5.74, 6) is -0.417. The number of fused-ring (bicyclic) bond motifs is 1. The Morgan fingerprint density at radius 2 is 2.08 bits per heavy atom. The van der Waals surface area contributed by atoms with E-state index in [-0.39, 0.29) is 22.3 Å². The molecule has 1 aromatic carbocycles. The van der Waals surface area contributed by atoms with E-state index in [0.717, 1.165) is 12.1 Å². The minimum absolute atomic E-state index is 0.0218. The minimum Gasteiger partial charge on any atom is -0.356 e. The molecule has 0 fully saturated rings. The van der Waals surface area contributed by atoms with Gasteiger partial charge in [-0.3, -0.25) is 4.79 Å². The Morgan fingerprint density at radius 3 is 2.92 bits per heavy atom. The highest BCUT2D eigenvalue weighted by molar-refractivity contribution is 6.31. The lowest BCUT2D eigenvalue weighted by Gasteiger charge is -2.10. The van der Waals surface area contributed by atoms with E-state index in [4.69, 9.17) is 11.6 Å². The van der Waals surface area contributed by atoms with Gasteiger partial charge in [0, 0.05) is 24.9 Å². The topological polar surface area (TPSA) is 70.7 Å². The van der Waals surface area contributed by atoms with Crippen LogP contribution in [0.5, 0.6) is 0 Å². The van der Waals surface area contributed by atoms with Gasteiger partial charge in [0.15, 0.2) is 11.6 Å². The third-order valence-electron chi connectivity index (χ3n) is 3.93. The molecule has 1 amide bonds. The molecule has 0 saturated heterocycles. The van der Waals surface area contributed by atoms with Gasteiger partial charge >= 0.3 is 0 Å². The van der Waals surface area contributed by atoms with Gasteiger partial charge in [-0.1, -0.05) is 17.7 Å². The van der Waals surface area contributed by atoms with Gasteiger partial charge in [-0.2, -0.15) is 0 Å². The molecule has 5 nitrogen and oxygen atoms in total. The Hall–Kier alpha value is -2.73. The summed E-state index contributed by atoms with van der Waals surface area (Å²) in [5, 5.41) is 2.82. The van der Waals surface area contributed by atoms with Crippen LogP contribution in [0.2, 0.25) is 5.02 Å². The fourth-order valence-corrected chi connectivity index (χ4v) is 2.92. The lowest BCUT2D eigenvalue weighted by molar-refractivity contribution is 0.0946. The lowest BCUT2D eigenvalue weighted by atomic mass is 10.1. The van der Waals surface area contributed by atoms with Gasteiger partial charge in [0.05, 0.1) is 27.5 Å². The second-order valence-corrected chi connectivity index (χ2v) is 5.86. The summed E-state index contributed by atoms with van der Waals surface area (Å²) in [6, 6.07) is 8.16. The van der Waals surface area contributed by atoms with E-state index in [2.05, 4.69) is 20.3 Å². The van der Waals surface area contributed by atoms with Crippen LogP contribution in [-0.4, -0.2) is 27.4 Å². The normalized spacial score (nSPS) is 13.5. The first-order chi connectivity index (χ1) is 11.6. The second kappa shape index (κ2) is 5.72. The Kier molecular flexibility index (Phi) is 3.54. The molecule has 2 aromatic heterocycles. The SMILES string of the molecule is O=C1NCCc2[nH]c(-c3ccnc(-c4cccc(Cl)c4F)n3)cc21. The van der Waals surface area contributed by atoms with Crippen molar-refractivity contribution in [2.45, 2.75) is 6.42 Å². The number of carbonyl (C=O) groups is 1. The smallest absolute Gasteiger partial charge is 0.253 e. The van der Waals surface area contributed by atoms with E-state index >= 15 is 0 Å². The largest absolute Gasteiger partial charge is 0.356 e. The molecule has 3 aromatic rings. The van der Waals surface area contributed by atoms with E-state index in [9.17, 15) is 9.18 Å². The maximum absolute atomic E-state index is 14.2. The molecule has 0 spiro atoms. The average molecular weight is 343 g/mol. The number of hydrogen-bond acceptors (Lipinski definition) is 3. The third-order valence-corrected chi connectivity index (χ3v) is 4.22. The van der Waals surface area contributed by atoms with E-state index < -0.39 is 5.82 Å². The molecule has 0 atom stereocenters. The standard InChI is InChI=1S/C17H12ClFN4O/c18-11-3-1-2-9(15(11)19)16-20-6-5-13(23-16)14-8-10-12(22-14)4-7-21-17(10)24/h1-3,5-6,8,22H,4,7H2,(H,21,24). The first-order valence-corrected chi connectivity index (χ1v) is 7.79. The molecule has 0 radical (unpaired) electrons. The molecule has 7 heteroatoms. The Balaban J connectivity index is 1.78. The van der Waals surface area contributed by atoms with Crippen molar-refractivity contribution in [1.82, 2.24) is 20.3 Å². The van der Waals surface area contributed by atoms with Crippen molar-refractivity contribution >= 4 is 17.5 Å². The quantitative estimate of drug-likeness (QED) is 0.751. The predicted molar refractivity (Wildman–Crippen MR) is 88.3 cm³/mol. The van der Waals surface area contributed by atoms with Gasteiger partial charge < -0.3 is 10.3 Å². The number of hydrogen-bond donors (Lipinski definition) is 2. The summed E-state index contributed by atoms with van der Waals surface area (Å²) in [5.41, 5.74) is 3.01. The molecule has 0 saturated carbocycles.